The number of allylic oxidation sites excluding steroid dienone is 1. The van der Waals surface area contributed by atoms with E-state index in [2.05, 4.69) is 17.2 Å². The average molecular weight is 234 g/mol. The predicted octanol–water partition coefficient (Wildman–Crippen LogP) is 1.03. The molecule has 1 aromatic carbocycles. The van der Waals surface area contributed by atoms with Gasteiger partial charge in [-0.3, -0.25) is 4.79 Å². The van der Waals surface area contributed by atoms with Gasteiger partial charge in [-0.2, -0.15) is 0 Å². The van der Waals surface area contributed by atoms with Crippen LogP contribution in [0.25, 0.3) is 0 Å². The van der Waals surface area contributed by atoms with E-state index in [-0.39, 0.29) is 19.1 Å². The topological polar surface area (TPSA) is 61.4 Å². The first-order valence-electron chi connectivity index (χ1n) is 5.51. The van der Waals surface area contributed by atoms with Crippen LogP contribution < -0.4 is 10.6 Å². The Morgan fingerprint density at radius 3 is 2.47 bits per heavy atom. The lowest BCUT2D eigenvalue weighted by Crippen LogP contribution is -2.26. The van der Waals surface area contributed by atoms with Crippen LogP contribution in [0.2, 0.25) is 0 Å². The van der Waals surface area contributed by atoms with Gasteiger partial charge in [-0.05, 0) is 24.6 Å². The quantitative estimate of drug-likeness (QED) is 0.689. The maximum atomic E-state index is 11.5. The molecule has 0 unspecified atom stereocenters. The second-order valence-corrected chi connectivity index (χ2v) is 3.81. The van der Waals surface area contributed by atoms with E-state index in [9.17, 15) is 4.79 Å². The summed E-state index contributed by atoms with van der Waals surface area (Å²) in [6.45, 7) is 6.58. The molecule has 0 radical (unpaired) electrons. The minimum absolute atomic E-state index is 0.0493. The van der Waals surface area contributed by atoms with Gasteiger partial charge in [0, 0.05) is 24.4 Å². The predicted molar refractivity (Wildman–Crippen MR) is 67.5 cm³/mol. The lowest BCUT2D eigenvalue weighted by molar-refractivity contribution is 0.0945. The van der Waals surface area contributed by atoms with Crippen LogP contribution in [-0.4, -0.2) is 24.2 Å². The van der Waals surface area contributed by atoms with E-state index < -0.39 is 0 Å². The molecule has 0 atom stereocenters. The Hall–Kier alpha value is -1.81. The number of nitrogens with one attached hydrogen (secondary N) is 2. The number of benzene rings is 1. The zero-order chi connectivity index (χ0) is 12.7. The molecule has 0 fully saturated rings. The maximum absolute atomic E-state index is 11.5. The van der Waals surface area contributed by atoms with Gasteiger partial charge in [0.1, 0.15) is 0 Å². The molecule has 1 rings (SSSR count). The molecule has 0 spiro atoms. The summed E-state index contributed by atoms with van der Waals surface area (Å²) in [7, 11) is 0. The van der Waals surface area contributed by atoms with E-state index in [0.29, 0.717) is 12.1 Å². The van der Waals surface area contributed by atoms with Crippen molar-refractivity contribution in [1.82, 2.24) is 10.6 Å². The fourth-order valence-corrected chi connectivity index (χ4v) is 1.30. The fraction of sp³-hybridized carbons (Fsp3) is 0.308. The van der Waals surface area contributed by atoms with Crippen LogP contribution >= 0.6 is 0 Å². The Labute approximate surface area is 101 Å². The molecule has 0 aliphatic heterocycles. The highest BCUT2D eigenvalue weighted by atomic mass is 16.3. The van der Waals surface area contributed by atoms with Crippen molar-refractivity contribution < 1.29 is 9.90 Å². The minimum atomic E-state index is -0.168. The number of aliphatic hydroxyl groups excluding tert-OH is 1. The van der Waals surface area contributed by atoms with Crippen molar-refractivity contribution in [2.24, 2.45) is 0 Å². The average Bonchev–Trinajstić information content (AvgIpc) is 2.34. The molecule has 92 valence electrons. The molecule has 4 heteroatoms. The van der Waals surface area contributed by atoms with Crippen molar-refractivity contribution in [3.8, 4) is 0 Å². The Bertz CT molecular complexity index is 385. The first kappa shape index (κ1) is 13.3. The number of carbonyl (C=O) groups is 1. The normalized spacial score (nSPS) is 9.76. The minimum Gasteiger partial charge on any atom is -0.395 e. The summed E-state index contributed by atoms with van der Waals surface area (Å²) < 4.78 is 0. The third-order valence-electron chi connectivity index (χ3n) is 2.21. The maximum Gasteiger partial charge on any atom is 0.251 e. The lowest BCUT2D eigenvalue weighted by Gasteiger charge is -2.07. The Balaban J connectivity index is 2.55. The Morgan fingerprint density at radius 2 is 1.94 bits per heavy atom. The number of hydrogen-bond donors (Lipinski definition) is 3. The molecule has 3 N–H and O–H groups in total. The zero-order valence-corrected chi connectivity index (χ0v) is 9.99. The van der Waals surface area contributed by atoms with Crippen molar-refractivity contribution in [2.45, 2.75) is 13.5 Å². The zero-order valence-electron chi connectivity index (χ0n) is 9.99. The molecule has 0 heterocycles. The third kappa shape index (κ3) is 4.70. The molecular formula is C13H18N2O2. The highest BCUT2D eigenvalue weighted by Gasteiger charge is 2.03. The summed E-state index contributed by atoms with van der Waals surface area (Å²) in [6, 6.07) is 7.32. The van der Waals surface area contributed by atoms with Crippen LogP contribution in [0.4, 0.5) is 0 Å². The molecule has 0 bridgehead atoms. The molecule has 1 aromatic rings. The molecule has 0 saturated heterocycles. The Kier molecular flexibility index (Phi) is 5.23. The van der Waals surface area contributed by atoms with Crippen molar-refractivity contribution in [1.29, 1.82) is 0 Å². The van der Waals surface area contributed by atoms with Gasteiger partial charge in [-0.15, -0.1) is 0 Å². The summed E-state index contributed by atoms with van der Waals surface area (Å²) in [5, 5.41) is 14.3. The molecule has 17 heavy (non-hydrogen) atoms. The van der Waals surface area contributed by atoms with Gasteiger partial charge >= 0.3 is 0 Å². The standard InChI is InChI=1S/C13H18N2O2/c1-10(2)15-9-11-3-5-12(6-4-11)13(17)14-7-8-16/h3-6,15-16H,1,7-9H2,2H3,(H,14,17). The largest absolute Gasteiger partial charge is 0.395 e. The molecule has 0 aromatic heterocycles. The van der Waals surface area contributed by atoms with Crippen LogP contribution in [0.1, 0.15) is 22.8 Å². The molecule has 0 aliphatic rings. The van der Waals surface area contributed by atoms with Gasteiger partial charge in [0.15, 0.2) is 0 Å². The van der Waals surface area contributed by atoms with Crippen LogP contribution in [0.3, 0.4) is 0 Å². The van der Waals surface area contributed by atoms with Crippen molar-refractivity contribution in [2.75, 3.05) is 13.2 Å². The van der Waals surface area contributed by atoms with E-state index in [4.69, 9.17) is 5.11 Å². The van der Waals surface area contributed by atoms with E-state index in [0.717, 1.165) is 11.3 Å². The van der Waals surface area contributed by atoms with Crippen molar-refractivity contribution in [3.05, 3.63) is 47.7 Å². The monoisotopic (exact) mass is 234 g/mol. The highest BCUT2D eigenvalue weighted by Crippen LogP contribution is 2.04. The van der Waals surface area contributed by atoms with E-state index in [1.807, 2.05) is 19.1 Å². The molecule has 0 saturated carbocycles. The van der Waals surface area contributed by atoms with Gasteiger partial charge in [0.2, 0.25) is 0 Å². The number of aliphatic hydroxyl groups is 1. The van der Waals surface area contributed by atoms with Gasteiger partial charge in [0.05, 0.1) is 6.61 Å². The first-order valence-corrected chi connectivity index (χ1v) is 5.51. The molecule has 4 nitrogen and oxygen atoms in total. The number of rotatable bonds is 6. The summed E-state index contributed by atoms with van der Waals surface area (Å²) in [5.41, 5.74) is 2.60. The summed E-state index contributed by atoms with van der Waals surface area (Å²) >= 11 is 0. The fourth-order valence-electron chi connectivity index (χ4n) is 1.30. The van der Waals surface area contributed by atoms with Gasteiger partial charge in [-0.25, -0.2) is 0 Å². The van der Waals surface area contributed by atoms with Crippen molar-refractivity contribution >= 4 is 5.91 Å². The SMILES string of the molecule is C=C(C)NCc1ccc(C(=O)NCCO)cc1. The third-order valence-corrected chi connectivity index (χ3v) is 2.21. The summed E-state index contributed by atoms with van der Waals surface area (Å²) in [5.74, 6) is -0.168. The van der Waals surface area contributed by atoms with Crippen LogP contribution in [0.5, 0.6) is 0 Å². The smallest absolute Gasteiger partial charge is 0.251 e. The molecule has 0 aliphatic carbocycles. The van der Waals surface area contributed by atoms with E-state index >= 15 is 0 Å². The van der Waals surface area contributed by atoms with Crippen LogP contribution in [0, 0.1) is 0 Å². The molecular weight excluding hydrogens is 216 g/mol. The van der Waals surface area contributed by atoms with Gasteiger partial charge < -0.3 is 15.7 Å². The van der Waals surface area contributed by atoms with E-state index in [1.165, 1.54) is 0 Å². The molecule has 1 amide bonds. The second-order valence-electron chi connectivity index (χ2n) is 3.81. The second kappa shape index (κ2) is 6.70. The number of amides is 1. The number of hydrogen-bond acceptors (Lipinski definition) is 3. The number of carbonyl (C=O) groups excluding carboxylic acids is 1. The van der Waals surface area contributed by atoms with Crippen LogP contribution in [0.15, 0.2) is 36.5 Å². The Morgan fingerprint density at radius 1 is 1.29 bits per heavy atom. The summed E-state index contributed by atoms with van der Waals surface area (Å²) in [4.78, 5) is 11.5. The van der Waals surface area contributed by atoms with Crippen LogP contribution in [-0.2, 0) is 6.54 Å². The van der Waals surface area contributed by atoms with Crippen molar-refractivity contribution in [3.63, 3.8) is 0 Å². The highest BCUT2D eigenvalue weighted by molar-refractivity contribution is 5.94. The van der Waals surface area contributed by atoms with Gasteiger partial charge in [0.25, 0.3) is 5.91 Å². The van der Waals surface area contributed by atoms with E-state index in [1.54, 1.807) is 12.1 Å². The summed E-state index contributed by atoms with van der Waals surface area (Å²) in [6.07, 6.45) is 0. The lowest BCUT2D eigenvalue weighted by atomic mass is 10.1. The first-order chi connectivity index (χ1) is 8.13. The van der Waals surface area contributed by atoms with Gasteiger partial charge in [-0.1, -0.05) is 18.7 Å².